The van der Waals surface area contributed by atoms with Crippen LogP contribution in [0.5, 0.6) is 0 Å². The number of hydrogen-bond donors (Lipinski definition) is 35. The molecular weight excluding hydrogens is 1920 g/mol. The van der Waals surface area contributed by atoms with Crippen molar-refractivity contribution in [1.82, 2.24) is 31.9 Å². The van der Waals surface area contributed by atoms with Gasteiger partial charge in [-0.05, 0) is 0 Å². The summed E-state index contributed by atoms with van der Waals surface area (Å²) in [6, 6.07) is -12.1. The Balaban J connectivity index is 1.05. The van der Waals surface area contributed by atoms with E-state index in [-0.39, 0.29) is 0 Å². The summed E-state index contributed by atoms with van der Waals surface area (Å²) in [5.41, 5.74) is 0. The Morgan fingerprint density at radius 1 is 0.186 bits per heavy atom. The number of aliphatic hydroxyl groups excluding tert-OH is 29. The van der Waals surface area contributed by atoms with Gasteiger partial charge in [0.05, 0.1) is 72.7 Å². The van der Waals surface area contributed by atoms with Crippen molar-refractivity contribution in [3.8, 4) is 0 Å². The maximum atomic E-state index is 13.7. The smallest absolute Gasteiger partial charge is 0.217 e. The van der Waals surface area contributed by atoms with Crippen LogP contribution in [-0.2, 0) is 128 Å². The van der Waals surface area contributed by atoms with Crippen LogP contribution in [0, 0.1) is 0 Å². The van der Waals surface area contributed by atoms with E-state index < -0.39 is 446 Å². The van der Waals surface area contributed by atoms with Crippen molar-refractivity contribution in [3.05, 3.63) is 0 Å². The number of carbonyl (C=O) groups excluding carboxylic acids is 6. The summed E-state index contributed by atoms with van der Waals surface area (Å²) >= 11 is 0. The number of ether oxygens (including phenoxy) is 21. The van der Waals surface area contributed by atoms with Crippen LogP contribution in [0.25, 0.3) is 0 Å². The van der Waals surface area contributed by atoms with Gasteiger partial charge in [0.1, 0.15) is 268 Å². The second-order valence-electron chi connectivity index (χ2n) is 35.2. The van der Waals surface area contributed by atoms with E-state index in [9.17, 15) is 177 Å². The fourth-order valence-electron chi connectivity index (χ4n) is 18.2. The van der Waals surface area contributed by atoms with E-state index >= 15 is 0 Å². The Morgan fingerprint density at radius 3 is 0.729 bits per heavy atom. The molecule has 0 radical (unpaired) electrons. The molecule has 0 aromatic rings. The van der Waals surface area contributed by atoms with Crippen LogP contribution in [-0.4, -0.2) is 594 Å². The summed E-state index contributed by atoms with van der Waals surface area (Å²) in [4.78, 5) is 78.8. The zero-order chi connectivity index (χ0) is 103. The molecule has 62 nitrogen and oxygen atoms in total. The van der Waals surface area contributed by atoms with Crippen molar-refractivity contribution in [2.24, 2.45) is 0 Å². The SMILES string of the molecule is CC(=O)N[C@@H]1[C@@H](O)[C@H](O[C@@H]2O[C@H](CO)[C@@H](O[C@@H]3O[C@H](CO[C@H]4O[C@H](CO)[C@@H](O)[C@H](O)[C@@H]4O[C@@H]4O[C@H](CO)[C@@H](O[C@@H]5O[C@H](CO)[C@H](O)[C@H](O)[C@H]5O)[C@H](O)[C@H]4NC(C)=O)[C@@H](O[C@@H]4O[C@H](CO)[C@@H](O)[C@H](O)[C@H]4NC(C)=O)[C@H](O[C@H]4O[C@H](CO)[C@@H](O[C@@H]5O[C@H](CO)[C@@H](O[C@@H]6O[C@H](CO)[C@H](O)[C@H](O)[C@H]6O)[C@H](O)[C@H]5NC(C)=O)[C@H](O)[C@@H]4O[C@@H]4O[C@H](CO)[C@@H](O)[C@H](O)[C@H]4NC(C)=O)[C@@H]3O)[C@H](O)[C@H]2NC(C)=O)[C@@H](CO)O[C@H]1O. The Bertz CT molecular complexity index is 3920. The normalized spacial score (nSPS) is 48.1. The highest BCUT2D eigenvalue weighted by Crippen LogP contribution is 2.43. The summed E-state index contributed by atoms with van der Waals surface area (Å²) in [5, 5.41) is 344. The third-order valence-corrected chi connectivity index (χ3v) is 25.4. The molecule has 11 fully saturated rings. The maximum Gasteiger partial charge on any atom is 0.217 e. The highest BCUT2D eigenvalue weighted by molar-refractivity contribution is 5.75. The van der Waals surface area contributed by atoms with Crippen LogP contribution in [0.1, 0.15) is 41.5 Å². The van der Waals surface area contributed by atoms with Gasteiger partial charge in [-0.25, -0.2) is 0 Å². The summed E-state index contributed by atoms with van der Waals surface area (Å²) in [6.07, 6.45) is -109. The van der Waals surface area contributed by atoms with Gasteiger partial charge in [-0.15, -0.1) is 0 Å². The lowest BCUT2D eigenvalue weighted by molar-refractivity contribution is -0.413. The lowest BCUT2D eigenvalue weighted by atomic mass is 9.93. The molecule has 0 saturated carbocycles. The Labute approximate surface area is 792 Å². The van der Waals surface area contributed by atoms with Crippen molar-refractivity contribution >= 4 is 35.4 Å². The van der Waals surface area contributed by atoms with Gasteiger partial charge in [0.15, 0.2) is 69.2 Å². The minimum absolute atomic E-state index is 0.848. The van der Waals surface area contributed by atoms with Gasteiger partial charge < -0.3 is 279 Å². The molecule has 6 amide bonds. The molecule has 62 heteroatoms. The van der Waals surface area contributed by atoms with Gasteiger partial charge in [-0.1, -0.05) is 0 Å². The molecule has 0 aromatic carbocycles. The molecule has 808 valence electrons. The summed E-state index contributed by atoms with van der Waals surface area (Å²) in [5.74, 6) is -6.00. The average molecular weight is 2050 g/mol. The first-order chi connectivity index (χ1) is 66.3. The Kier molecular flexibility index (Phi) is 41.7. The minimum Gasteiger partial charge on any atom is -0.394 e. The fraction of sp³-hybridized carbons (Fsp3) is 0.923. The molecule has 0 spiro atoms. The van der Waals surface area contributed by atoms with Crippen LogP contribution in [0.2, 0.25) is 0 Å². The van der Waals surface area contributed by atoms with Gasteiger partial charge in [0.2, 0.25) is 35.4 Å². The zero-order valence-corrected chi connectivity index (χ0v) is 75.5. The molecule has 140 heavy (non-hydrogen) atoms. The lowest BCUT2D eigenvalue weighted by Crippen LogP contribution is -2.72. The first-order valence-corrected chi connectivity index (χ1v) is 44.6. The first-order valence-electron chi connectivity index (χ1n) is 44.6. The van der Waals surface area contributed by atoms with E-state index in [2.05, 4.69) is 31.9 Å². The quantitative estimate of drug-likeness (QED) is 0.0275. The van der Waals surface area contributed by atoms with E-state index in [0.29, 0.717) is 0 Å². The number of aliphatic hydroxyl groups is 29. The Morgan fingerprint density at radius 2 is 0.400 bits per heavy atom. The van der Waals surface area contributed by atoms with Gasteiger partial charge in [0, 0.05) is 41.5 Å². The maximum absolute atomic E-state index is 13.7. The summed E-state index contributed by atoms with van der Waals surface area (Å²) in [6.45, 7) is -8.01. The van der Waals surface area contributed by atoms with Gasteiger partial charge in [-0.2, -0.15) is 0 Å². The largest absolute Gasteiger partial charge is 0.394 e. The number of carbonyl (C=O) groups is 6. The van der Waals surface area contributed by atoms with Crippen LogP contribution in [0.15, 0.2) is 0 Å². The van der Waals surface area contributed by atoms with Crippen LogP contribution < -0.4 is 31.9 Å². The number of amides is 6. The van der Waals surface area contributed by atoms with Crippen molar-refractivity contribution in [2.45, 2.75) is 379 Å². The summed E-state index contributed by atoms with van der Waals surface area (Å²) in [7, 11) is 0. The van der Waals surface area contributed by atoms with Crippen LogP contribution in [0.3, 0.4) is 0 Å². The molecule has 0 unspecified atom stereocenters. The number of hydrogen-bond acceptors (Lipinski definition) is 56. The number of nitrogens with one attached hydrogen (secondary N) is 6. The Hall–Kier alpha value is -5.18. The third-order valence-electron chi connectivity index (χ3n) is 25.4. The van der Waals surface area contributed by atoms with E-state index in [1.165, 1.54) is 0 Å². The van der Waals surface area contributed by atoms with Gasteiger partial charge in [0.25, 0.3) is 0 Å². The van der Waals surface area contributed by atoms with Crippen molar-refractivity contribution in [3.63, 3.8) is 0 Å². The number of rotatable bonds is 37. The van der Waals surface area contributed by atoms with E-state index in [1.54, 1.807) is 0 Å². The predicted octanol–water partition coefficient (Wildman–Crippen LogP) is -24.1. The van der Waals surface area contributed by atoms with E-state index in [1.807, 2.05) is 0 Å². The third kappa shape index (κ3) is 25.7. The molecule has 11 rings (SSSR count). The molecule has 0 aliphatic carbocycles. The van der Waals surface area contributed by atoms with Crippen LogP contribution in [0.4, 0.5) is 0 Å². The van der Waals surface area contributed by atoms with E-state index in [4.69, 9.17) is 99.5 Å². The zero-order valence-electron chi connectivity index (χ0n) is 75.5. The molecule has 35 N–H and O–H groups in total. The highest BCUT2D eigenvalue weighted by Gasteiger charge is 2.64. The molecule has 11 saturated heterocycles. The molecule has 55 atom stereocenters. The molecule has 11 aliphatic heterocycles. The van der Waals surface area contributed by atoms with Crippen molar-refractivity contribution in [1.29, 1.82) is 0 Å². The first kappa shape index (κ1) is 115. The average Bonchev–Trinajstić information content (AvgIpc) is 0.756. The molecule has 0 aromatic heterocycles. The monoisotopic (exact) mass is 2050 g/mol. The second kappa shape index (κ2) is 50.7. The van der Waals surface area contributed by atoms with Gasteiger partial charge in [-0.3, -0.25) is 28.8 Å². The van der Waals surface area contributed by atoms with E-state index in [0.717, 1.165) is 41.5 Å². The highest BCUT2D eigenvalue weighted by atomic mass is 16.8. The standard InChI is InChI=1S/C78H130N6O56/c1-18(95)79-35-48(108)59(29(12-90)121-68(35)119)132-71-38(82-21(4)98)50(110)62(32(15-93)127-71)136-76-58(118)65(138-78-67(140-70-37(81-20(3)97)47(107)42(102)25(8-86)123-70)57(117)63(33(16-94)130-78)133-72-39(83-22(5)99)49(109)60(30(13-91)128-72)134-74-55(115)52(112)43(103)26(9-87)124-74)64(137-69-36(80-19(2)96)46(106)41(101)24(7-85)122-69)34(131-76)17-120-77-66(54(114)45(105)28(11-89)126-77)139-73-40(84-23(6)100)51(111)61(31(14-92)129-73)135-75-56(116)53(113)44(104)27(10-88)125-75/h24-78,85-94,101-119H,7-17H2,1-6H3,(H,79,95)(H,80,96)(H,81,97)(H,82,98)(H,83,99)(H,84,100)/t24-,25-,26-,27-,28-,29-,30-,31-,32-,33-,34-,35-,36-,37-,38-,39-,40-,41-,42-,43+,44+,45-,46-,47-,48-,49-,50-,51-,52+,53+,54+,55-,56-,57+,58+,59-,60-,61-,62-,63-,64-,65-,66+,67+,68-,69+,70+,71+,72+,73+,74+,75+,76+,77+,78-/m1/s1. The second-order valence-corrected chi connectivity index (χ2v) is 35.2. The van der Waals surface area contributed by atoms with Crippen molar-refractivity contribution in [2.75, 3.05) is 72.7 Å². The minimum atomic E-state index is -2.88. The molecule has 11 aliphatic rings. The topological polar surface area (TPSA) is 955 Å². The fourth-order valence-corrected chi connectivity index (χ4v) is 18.2. The van der Waals surface area contributed by atoms with Crippen LogP contribution >= 0.6 is 0 Å². The van der Waals surface area contributed by atoms with Gasteiger partial charge >= 0.3 is 0 Å². The molecule has 11 heterocycles. The van der Waals surface area contributed by atoms with Crippen molar-refractivity contribution < 1.29 is 276 Å². The lowest BCUT2D eigenvalue weighted by Gasteiger charge is -2.53. The molecule has 0 bridgehead atoms. The summed E-state index contributed by atoms with van der Waals surface area (Å²) < 4.78 is 129. The molecular formula is C78H130N6O56. The predicted molar refractivity (Wildman–Crippen MR) is 432 cm³/mol.